The molecule has 1 aromatic carbocycles. The Balaban J connectivity index is 2.21. The minimum atomic E-state index is -0.464. The van der Waals surface area contributed by atoms with Gasteiger partial charge in [0.1, 0.15) is 11.6 Å². The summed E-state index contributed by atoms with van der Waals surface area (Å²) in [5.74, 6) is 0.166. The molecule has 1 fully saturated rings. The molecule has 1 nitrogen and oxygen atoms in total. The predicted molar refractivity (Wildman–Crippen MR) is 81.6 cm³/mol. The van der Waals surface area contributed by atoms with Gasteiger partial charge in [0, 0.05) is 16.1 Å². The van der Waals surface area contributed by atoms with Crippen LogP contribution in [0.4, 0.5) is 8.78 Å². The molecule has 0 heterocycles. The van der Waals surface area contributed by atoms with Crippen molar-refractivity contribution in [2.45, 2.75) is 45.1 Å². The first kappa shape index (κ1) is 15.9. The normalized spacial score (nSPS) is 24.6. The van der Waals surface area contributed by atoms with Crippen LogP contribution in [0.25, 0.3) is 0 Å². The van der Waals surface area contributed by atoms with Gasteiger partial charge in [0.25, 0.3) is 0 Å². The van der Waals surface area contributed by atoms with Crippen LogP contribution in [0.5, 0.6) is 0 Å². The highest BCUT2D eigenvalue weighted by atomic mass is 79.9. The fourth-order valence-electron chi connectivity index (χ4n) is 3.40. The maximum Gasteiger partial charge on any atom is 0.132 e. The molecule has 1 aliphatic rings. The van der Waals surface area contributed by atoms with Crippen LogP contribution in [0.1, 0.15) is 50.6 Å². The van der Waals surface area contributed by atoms with Gasteiger partial charge in [0.15, 0.2) is 0 Å². The topological polar surface area (TPSA) is 12.0 Å². The first-order valence-corrected chi connectivity index (χ1v) is 8.17. The molecule has 0 aliphatic heterocycles. The Bertz CT molecular complexity index is 433. The quantitative estimate of drug-likeness (QED) is 0.790. The number of rotatable bonds is 4. The van der Waals surface area contributed by atoms with E-state index in [-0.39, 0.29) is 11.6 Å². The van der Waals surface area contributed by atoms with E-state index in [1.165, 1.54) is 31.4 Å². The number of nitrogens with one attached hydrogen (secondary N) is 1. The van der Waals surface area contributed by atoms with Gasteiger partial charge in [-0.05, 0) is 43.9 Å². The fourth-order valence-corrected chi connectivity index (χ4v) is 3.80. The van der Waals surface area contributed by atoms with Crippen LogP contribution >= 0.6 is 15.9 Å². The monoisotopic (exact) mass is 345 g/mol. The molecule has 112 valence electrons. The van der Waals surface area contributed by atoms with Gasteiger partial charge in [-0.25, -0.2) is 8.78 Å². The lowest BCUT2D eigenvalue weighted by molar-refractivity contribution is 0.218. The molecule has 2 rings (SSSR count). The molecule has 1 saturated carbocycles. The van der Waals surface area contributed by atoms with Gasteiger partial charge in [-0.3, -0.25) is 0 Å². The van der Waals surface area contributed by atoms with Crippen LogP contribution in [-0.4, -0.2) is 7.05 Å². The van der Waals surface area contributed by atoms with E-state index in [0.29, 0.717) is 10.4 Å². The van der Waals surface area contributed by atoms with Crippen LogP contribution in [-0.2, 0) is 0 Å². The van der Waals surface area contributed by atoms with Gasteiger partial charge < -0.3 is 5.32 Å². The molecule has 0 amide bonds. The molecule has 4 heteroatoms. The Labute approximate surface area is 128 Å². The van der Waals surface area contributed by atoms with E-state index >= 15 is 0 Å². The molecule has 0 saturated heterocycles. The maximum absolute atomic E-state index is 14.1. The summed E-state index contributed by atoms with van der Waals surface area (Å²) in [6.07, 6.45) is 5.62. The standard InChI is InChI=1S/C16H22BrF2N/c1-3-10-4-6-11(7-5-10)16(20-2)15-13(18)8-12(17)9-14(15)19/h8-11,16,20H,3-7H2,1-2H3. The van der Waals surface area contributed by atoms with E-state index < -0.39 is 11.6 Å². The Hall–Kier alpha value is -0.480. The first-order valence-electron chi connectivity index (χ1n) is 7.38. The molecular weight excluding hydrogens is 324 g/mol. The van der Waals surface area contributed by atoms with Crippen molar-refractivity contribution in [3.8, 4) is 0 Å². The summed E-state index contributed by atoms with van der Waals surface area (Å²) in [6.45, 7) is 2.22. The molecule has 20 heavy (non-hydrogen) atoms. The highest BCUT2D eigenvalue weighted by Crippen LogP contribution is 2.39. The van der Waals surface area contributed by atoms with Crippen molar-refractivity contribution in [3.63, 3.8) is 0 Å². The molecule has 1 aromatic rings. The van der Waals surface area contributed by atoms with Crippen molar-refractivity contribution in [1.82, 2.24) is 5.32 Å². The van der Waals surface area contributed by atoms with Crippen molar-refractivity contribution in [3.05, 3.63) is 33.8 Å². The zero-order valence-electron chi connectivity index (χ0n) is 12.1. The molecule has 0 aromatic heterocycles. The first-order chi connectivity index (χ1) is 9.56. The highest BCUT2D eigenvalue weighted by Gasteiger charge is 2.30. The van der Waals surface area contributed by atoms with Crippen LogP contribution in [0.15, 0.2) is 16.6 Å². The Morgan fingerprint density at radius 1 is 1.20 bits per heavy atom. The van der Waals surface area contributed by atoms with Gasteiger partial charge in [0.2, 0.25) is 0 Å². The zero-order chi connectivity index (χ0) is 14.7. The average Bonchev–Trinajstić information content (AvgIpc) is 2.43. The van der Waals surface area contributed by atoms with E-state index in [2.05, 4.69) is 28.2 Å². The molecule has 0 radical (unpaired) electrons. The van der Waals surface area contributed by atoms with Crippen molar-refractivity contribution in [2.24, 2.45) is 11.8 Å². The molecule has 1 atom stereocenters. The largest absolute Gasteiger partial charge is 0.313 e. The molecule has 1 N–H and O–H groups in total. The summed E-state index contributed by atoms with van der Waals surface area (Å²) < 4.78 is 28.7. The Kier molecular flexibility index (Phi) is 5.56. The maximum atomic E-state index is 14.1. The third-order valence-electron chi connectivity index (χ3n) is 4.61. The van der Waals surface area contributed by atoms with Crippen LogP contribution in [0.3, 0.4) is 0 Å². The van der Waals surface area contributed by atoms with Gasteiger partial charge in [0.05, 0.1) is 0 Å². The minimum Gasteiger partial charge on any atom is -0.313 e. The smallest absolute Gasteiger partial charge is 0.132 e. The lowest BCUT2D eigenvalue weighted by atomic mass is 9.76. The van der Waals surface area contributed by atoms with E-state index in [1.54, 1.807) is 7.05 Å². The second kappa shape index (κ2) is 6.99. The van der Waals surface area contributed by atoms with Crippen LogP contribution in [0.2, 0.25) is 0 Å². The molecule has 0 spiro atoms. The number of hydrogen-bond acceptors (Lipinski definition) is 1. The second-order valence-electron chi connectivity index (χ2n) is 5.74. The van der Waals surface area contributed by atoms with Gasteiger partial charge >= 0.3 is 0 Å². The SMILES string of the molecule is CCC1CCC(C(NC)c2c(F)cc(Br)cc2F)CC1. The summed E-state index contributed by atoms with van der Waals surface area (Å²) >= 11 is 3.13. The summed E-state index contributed by atoms with van der Waals surface area (Å²) in [7, 11) is 1.79. The van der Waals surface area contributed by atoms with Crippen LogP contribution < -0.4 is 5.32 Å². The van der Waals surface area contributed by atoms with Crippen molar-refractivity contribution in [2.75, 3.05) is 7.05 Å². The lowest BCUT2D eigenvalue weighted by Crippen LogP contribution is -2.30. The third-order valence-corrected chi connectivity index (χ3v) is 5.06. The third kappa shape index (κ3) is 3.40. The fraction of sp³-hybridized carbons (Fsp3) is 0.625. The van der Waals surface area contributed by atoms with Crippen molar-refractivity contribution in [1.29, 1.82) is 0 Å². The number of halogens is 3. The molecule has 1 unspecified atom stereocenters. The Morgan fingerprint density at radius 2 is 1.75 bits per heavy atom. The van der Waals surface area contributed by atoms with Gasteiger partial charge in [-0.15, -0.1) is 0 Å². The molecule has 1 aliphatic carbocycles. The average molecular weight is 346 g/mol. The molecule has 0 bridgehead atoms. The van der Waals surface area contributed by atoms with Gasteiger partial charge in [-0.2, -0.15) is 0 Å². The zero-order valence-corrected chi connectivity index (χ0v) is 13.6. The summed E-state index contributed by atoms with van der Waals surface area (Å²) in [5, 5.41) is 3.13. The van der Waals surface area contributed by atoms with Crippen LogP contribution in [0, 0.1) is 23.5 Å². The summed E-state index contributed by atoms with van der Waals surface area (Å²) in [4.78, 5) is 0. The summed E-state index contributed by atoms with van der Waals surface area (Å²) in [6, 6.07) is 2.46. The van der Waals surface area contributed by atoms with Crippen molar-refractivity contribution >= 4 is 15.9 Å². The highest BCUT2D eigenvalue weighted by molar-refractivity contribution is 9.10. The van der Waals surface area contributed by atoms with E-state index in [1.807, 2.05) is 0 Å². The Morgan fingerprint density at radius 3 is 2.20 bits per heavy atom. The summed E-state index contributed by atoms with van der Waals surface area (Å²) in [5.41, 5.74) is 0.190. The second-order valence-corrected chi connectivity index (χ2v) is 6.65. The predicted octanol–water partition coefficient (Wildman–Crippen LogP) is 5.20. The molecular formula is C16H22BrF2N. The minimum absolute atomic E-state index is 0.190. The van der Waals surface area contributed by atoms with E-state index in [9.17, 15) is 8.78 Å². The number of benzene rings is 1. The number of hydrogen-bond donors (Lipinski definition) is 1. The van der Waals surface area contributed by atoms with E-state index in [0.717, 1.165) is 18.8 Å². The lowest BCUT2D eigenvalue weighted by Gasteiger charge is -2.34. The van der Waals surface area contributed by atoms with Gasteiger partial charge in [-0.1, -0.05) is 42.1 Å². The van der Waals surface area contributed by atoms with Crippen molar-refractivity contribution < 1.29 is 8.78 Å². The van der Waals surface area contributed by atoms with E-state index in [4.69, 9.17) is 0 Å².